The number of para-hydroxylation sites is 1. The minimum atomic E-state index is -0.307. The number of benzene rings is 2. The highest BCUT2D eigenvalue weighted by atomic mass is 16.5. The highest BCUT2D eigenvalue weighted by molar-refractivity contribution is 5.72. The Morgan fingerprint density at radius 3 is 2.50 bits per heavy atom. The number of esters is 1. The number of anilines is 1. The van der Waals surface area contributed by atoms with Crippen molar-refractivity contribution in [3.63, 3.8) is 0 Å². The van der Waals surface area contributed by atoms with Crippen molar-refractivity contribution in [2.24, 2.45) is 0 Å². The van der Waals surface area contributed by atoms with Crippen molar-refractivity contribution in [1.29, 1.82) is 0 Å². The van der Waals surface area contributed by atoms with Gasteiger partial charge in [0.2, 0.25) is 0 Å². The number of carbonyl (C=O) groups is 1. The number of nitrogens with one attached hydrogen (secondary N) is 1. The maximum Gasteiger partial charge on any atom is 0.306 e. The Bertz CT molecular complexity index is 1330. The molecule has 1 unspecified atom stereocenters. The molecule has 3 aromatic rings. The molecule has 7 heteroatoms. The molecule has 3 aliphatic rings. The van der Waals surface area contributed by atoms with Gasteiger partial charge in [-0.1, -0.05) is 36.4 Å². The number of fused-ring (bicyclic) bond motifs is 2. The number of hydrogen-bond donors (Lipinski definition) is 1. The fourth-order valence-electron chi connectivity index (χ4n) is 6.80. The van der Waals surface area contributed by atoms with Crippen LogP contribution in [0.2, 0.25) is 0 Å². The summed E-state index contributed by atoms with van der Waals surface area (Å²) >= 11 is 0. The van der Waals surface area contributed by atoms with Gasteiger partial charge in [-0.05, 0) is 81.2 Å². The minimum Gasteiger partial charge on any atom is -0.487 e. The van der Waals surface area contributed by atoms with Gasteiger partial charge < -0.3 is 24.4 Å². The van der Waals surface area contributed by atoms with E-state index in [4.69, 9.17) is 19.2 Å². The zero-order valence-electron chi connectivity index (χ0n) is 23.5. The Hall–Kier alpha value is -3.42. The first-order valence-corrected chi connectivity index (χ1v) is 14.5. The van der Waals surface area contributed by atoms with Crippen LogP contribution in [0, 0.1) is 0 Å². The largest absolute Gasteiger partial charge is 0.487 e. The van der Waals surface area contributed by atoms with E-state index >= 15 is 0 Å². The van der Waals surface area contributed by atoms with E-state index in [1.807, 2.05) is 37.3 Å². The molecule has 210 valence electrons. The number of nitrogens with zero attached hydrogens (tertiary/aromatic N) is 2. The van der Waals surface area contributed by atoms with Crippen LogP contribution < -0.4 is 15.0 Å². The van der Waals surface area contributed by atoms with Gasteiger partial charge >= 0.3 is 5.97 Å². The molecule has 2 saturated heterocycles. The second-order valence-electron chi connectivity index (χ2n) is 11.4. The summed E-state index contributed by atoms with van der Waals surface area (Å²) in [5.41, 5.74) is 5.77. The summed E-state index contributed by atoms with van der Waals surface area (Å²) in [6, 6.07) is 23.6. The van der Waals surface area contributed by atoms with Crippen LogP contribution in [0.3, 0.4) is 0 Å². The average Bonchev–Trinajstić information content (AvgIpc) is 3.18. The molecule has 2 fully saturated rings. The topological polar surface area (TPSA) is 72.9 Å². The van der Waals surface area contributed by atoms with Crippen LogP contribution in [0.4, 0.5) is 5.69 Å². The van der Waals surface area contributed by atoms with Crippen LogP contribution in [-0.2, 0) is 38.2 Å². The Morgan fingerprint density at radius 1 is 1.02 bits per heavy atom. The van der Waals surface area contributed by atoms with E-state index in [1.165, 1.54) is 24.1 Å². The third-order valence-corrected chi connectivity index (χ3v) is 9.11. The standard InChI is InChI=1S/C33H39N3O4/c1-3-39-31(37)19-32(22-38-23-32)25-11-13-28(14-12-25)40-21-27-8-6-7-26(35-27)20-36-24(2)33(15-17-34-18-16-33)29-9-4-5-10-30(29)36/h4-14,24,34H,3,15-23H2,1-2H3. The summed E-state index contributed by atoms with van der Waals surface area (Å²) in [5.74, 6) is 0.590. The van der Waals surface area contributed by atoms with Gasteiger partial charge in [0, 0.05) is 17.1 Å². The molecule has 0 saturated carbocycles. The molecule has 1 N–H and O–H groups in total. The Kier molecular flexibility index (Phi) is 7.51. The number of ether oxygens (including phenoxy) is 3. The quantitative estimate of drug-likeness (QED) is 0.386. The molecule has 2 aromatic carbocycles. The van der Waals surface area contributed by atoms with E-state index in [1.54, 1.807) is 0 Å². The molecule has 1 aromatic heterocycles. The fourth-order valence-corrected chi connectivity index (χ4v) is 6.80. The van der Waals surface area contributed by atoms with Gasteiger partial charge in [-0.2, -0.15) is 0 Å². The Labute approximate surface area is 236 Å². The van der Waals surface area contributed by atoms with Crippen molar-refractivity contribution in [3.8, 4) is 5.75 Å². The zero-order chi connectivity index (χ0) is 27.6. The van der Waals surface area contributed by atoms with Crippen LogP contribution in [0.5, 0.6) is 5.75 Å². The van der Waals surface area contributed by atoms with Crippen LogP contribution in [-0.4, -0.2) is 49.9 Å². The Morgan fingerprint density at radius 2 is 1.77 bits per heavy atom. The van der Waals surface area contributed by atoms with Crippen molar-refractivity contribution in [1.82, 2.24) is 10.3 Å². The summed E-state index contributed by atoms with van der Waals surface area (Å²) in [6.45, 7) is 8.97. The lowest BCUT2D eigenvalue weighted by atomic mass is 9.70. The predicted molar refractivity (Wildman–Crippen MR) is 155 cm³/mol. The molecule has 3 aliphatic heterocycles. The van der Waals surface area contributed by atoms with E-state index in [-0.39, 0.29) is 16.8 Å². The van der Waals surface area contributed by atoms with Crippen molar-refractivity contribution in [3.05, 3.63) is 89.2 Å². The number of carbonyl (C=O) groups excluding carboxylic acids is 1. The van der Waals surface area contributed by atoms with Gasteiger partial charge in [-0.3, -0.25) is 9.78 Å². The van der Waals surface area contributed by atoms with Crippen LogP contribution in [0.1, 0.15) is 55.6 Å². The molecular formula is C33H39N3O4. The number of hydrogen-bond acceptors (Lipinski definition) is 7. The molecule has 40 heavy (non-hydrogen) atoms. The summed E-state index contributed by atoms with van der Waals surface area (Å²) in [4.78, 5) is 19.6. The first kappa shape index (κ1) is 26.8. The first-order valence-electron chi connectivity index (χ1n) is 14.5. The van der Waals surface area contributed by atoms with E-state index in [2.05, 4.69) is 53.5 Å². The van der Waals surface area contributed by atoms with Crippen LogP contribution in [0.25, 0.3) is 0 Å². The smallest absolute Gasteiger partial charge is 0.306 e. The van der Waals surface area contributed by atoms with Crippen molar-refractivity contribution >= 4 is 11.7 Å². The lowest BCUT2D eigenvalue weighted by molar-refractivity contribution is -0.151. The summed E-state index contributed by atoms with van der Waals surface area (Å²) in [5, 5.41) is 3.55. The molecule has 0 amide bonds. The fraction of sp³-hybridized carbons (Fsp3) is 0.455. The van der Waals surface area contributed by atoms with E-state index in [0.29, 0.717) is 38.9 Å². The van der Waals surface area contributed by atoms with Gasteiger partial charge in [0.25, 0.3) is 0 Å². The predicted octanol–water partition coefficient (Wildman–Crippen LogP) is 4.91. The number of rotatable bonds is 9. The normalized spacial score (nSPS) is 20.6. The maximum atomic E-state index is 12.1. The van der Waals surface area contributed by atoms with E-state index < -0.39 is 0 Å². The van der Waals surface area contributed by atoms with E-state index in [0.717, 1.165) is 42.3 Å². The lowest BCUT2D eigenvalue weighted by Crippen LogP contribution is -2.48. The summed E-state index contributed by atoms with van der Waals surface area (Å²) in [6.07, 6.45) is 2.66. The van der Waals surface area contributed by atoms with E-state index in [9.17, 15) is 4.79 Å². The van der Waals surface area contributed by atoms with Crippen molar-refractivity contribution in [2.75, 3.05) is 37.8 Å². The number of aromatic nitrogens is 1. The lowest BCUT2D eigenvalue weighted by Gasteiger charge is -2.41. The van der Waals surface area contributed by atoms with Gasteiger partial charge in [-0.15, -0.1) is 0 Å². The number of pyridine rings is 1. The molecule has 0 bridgehead atoms. The zero-order valence-corrected chi connectivity index (χ0v) is 23.5. The van der Waals surface area contributed by atoms with Crippen molar-refractivity contribution in [2.45, 2.75) is 63.1 Å². The first-order chi connectivity index (χ1) is 19.5. The van der Waals surface area contributed by atoms with Crippen LogP contribution in [0.15, 0.2) is 66.7 Å². The third-order valence-electron chi connectivity index (χ3n) is 9.11. The molecule has 1 atom stereocenters. The SMILES string of the molecule is CCOC(=O)CC1(c2ccc(OCc3cccc(CN4c5ccccc5C5(CCNCC5)C4C)n3)cc2)COC1. The minimum absolute atomic E-state index is 0.185. The van der Waals surface area contributed by atoms with Crippen molar-refractivity contribution < 1.29 is 19.0 Å². The number of piperidine rings is 1. The van der Waals surface area contributed by atoms with Crippen LogP contribution >= 0.6 is 0 Å². The third kappa shape index (κ3) is 4.97. The highest BCUT2D eigenvalue weighted by Crippen LogP contribution is 2.50. The maximum absolute atomic E-state index is 12.1. The Balaban J connectivity index is 1.11. The van der Waals surface area contributed by atoms with Gasteiger partial charge in [0.05, 0.1) is 49.6 Å². The monoisotopic (exact) mass is 541 g/mol. The second-order valence-corrected chi connectivity index (χ2v) is 11.4. The molecule has 0 radical (unpaired) electrons. The molecule has 4 heterocycles. The second kappa shape index (κ2) is 11.2. The summed E-state index contributed by atoms with van der Waals surface area (Å²) in [7, 11) is 0. The molecule has 1 spiro atoms. The molecule has 7 nitrogen and oxygen atoms in total. The summed E-state index contributed by atoms with van der Waals surface area (Å²) < 4.78 is 16.8. The van der Waals surface area contributed by atoms with Gasteiger partial charge in [0.1, 0.15) is 12.4 Å². The molecular weight excluding hydrogens is 502 g/mol. The molecule has 0 aliphatic carbocycles. The van der Waals surface area contributed by atoms with Gasteiger partial charge in [-0.25, -0.2) is 0 Å². The van der Waals surface area contributed by atoms with Gasteiger partial charge in [0.15, 0.2) is 0 Å². The molecule has 6 rings (SSSR count). The highest BCUT2D eigenvalue weighted by Gasteiger charge is 2.48. The average molecular weight is 542 g/mol.